The normalized spacial score (nSPS) is 23.1. The Kier molecular flexibility index (Phi) is 4.52. The van der Waals surface area contributed by atoms with Crippen molar-refractivity contribution in [3.05, 3.63) is 35.4 Å². The van der Waals surface area contributed by atoms with Crippen LogP contribution in [-0.2, 0) is 9.59 Å². The molecule has 1 aromatic rings. The minimum atomic E-state index is -0.00865. The fraction of sp³-hybridized carbons (Fsp3) is 0.529. The van der Waals surface area contributed by atoms with Crippen molar-refractivity contribution in [2.24, 2.45) is 5.92 Å². The molecule has 1 aliphatic carbocycles. The van der Waals surface area contributed by atoms with Crippen molar-refractivity contribution in [2.75, 3.05) is 0 Å². The molecule has 19 heavy (non-hydrogen) atoms. The van der Waals surface area contributed by atoms with Crippen LogP contribution in [0.1, 0.15) is 56.1 Å². The largest absolute Gasteiger partial charge is 0.300 e. The van der Waals surface area contributed by atoms with Gasteiger partial charge in [-0.05, 0) is 51.0 Å². The lowest BCUT2D eigenvalue weighted by molar-refractivity contribution is -0.129. The first-order valence-corrected chi connectivity index (χ1v) is 7.15. The molecule has 2 heteroatoms. The highest BCUT2D eigenvalue weighted by atomic mass is 16.1. The Morgan fingerprint density at radius 2 is 1.63 bits per heavy atom. The van der Waals surface area contributed by atoms with Crippen molar-refractivity contribution in [3.63, 3.8) is 0 Å². The minimum absolute atomic E-state index is 0.00865. The summed E-state index contributed by atoms with van der Waals surface area (Å²) in [5, 5.41) is 0. The molecule has 2 rings (SSSR count). The lowest BCUT2D eigenvalue weighted by Gasteiger charge is -2.27. The van der Waals surface area contributed by atoms with Gasteiger partial charge in [-0.15, -0.1) is 0 Å². The molecule has 0 spiro atoms. The van der Waals surface area contributed by atoms with Gasteiger partial charge in [0.05, 0.1) is 6.42 Å². The number of Topliss-reactive ketones (excluding diaryl/α,β-unsaturated/α-hetero) is 2. The monoisotopic (exact) mass is 258 g/mol. The molecule has 2 nitrogen and oxygen atoms in total. The summed E-state index contributed by atoms with van der Waals surface area (Å²) in [6.07, 6.45) is 4.13. The Morgan fingerprint density at radius 1 is 1.05 bits per heavy atom. The molecule has 1 fully saturated rings. The summed E-state index contributed by atoms with van der Waals surface area (Å²) in [6, 6.07) is 8.72. The van der Waals surface area contributed by atoms with Gasteiger partial charge in [-0.2, -0.15) is 0 Å². The third-order valence-electron chi connectivity index (χ3n) is 4.15. The van der Waals surface area contributed by atoms with E-state index in [2.05, 4.69) is 31.2 Å². The standard InChI is InChI=1S/C17H22O2/c1-12-3-5-14(6-4-12)15-7-9-16(10-8-15)17(19)11-13(2)18/h3-6,15-16H,7-11H2,1-2H3. The molecule has 0 unspecified atom stereocenters. The van der Waals surface area contributed by atoms with Gasteiger partial charge >= 0.3 is 0 Å². The molecule has 0 bridgehead atoms. The van der Waals surface area contributed by atoms with Crippen molar-refractivity contribution in [2.45, 2.75) is 51.9 Å². The molecular formula is C17H22O2. The van der Waals surface area contributed by atoms with Crippen LogP contribution in [0.4, 0.5) is 0 Å². The van der Waals surface area contributed by atoms with Gasteiger partial charge < -0.3 is 0 Å². The van der Waals surface area contributed by atoms with E-state index in [1.54, 1.807) is 0 Å². The van der Waals surface area contributed by atoms with Crippen molar-refractivity contribution >= 4 is 11.6 Å². The van der Waals surface area contributed by atoms with E-state index in [-0.39, 0.29) is 23.9 Å². The van der Waals surface area contributed by atoms with Gasteiger partial charge in [0.25, 0.3) is 0 Å². The van der Waals surface area contributed by atoms with Crippen LogP contribution < -0.4 is 0 Å². The van der Waals surface area contributed by atoms with Crippen molar-refractivity contribution in [1.82, 2.24) is 0 Å². The minimum Gasteiger partial charge on any atom is -0.300 e. The molecule has 0 amide bonds. The number of carbonyl (C=O) groups excluding carboxylic acids is 2. The van der Waals surface area contributed by atoms with Gasteiger partial charge in [0.1, 0.15) is 11.6 Å². The van der Waals surface area contributed by atoms with Crippen LogP contribution in [0.25, 0.3) is 0 Å². The average molecular weight is 258 g/mol. The topological polar surface area (TPSA) is 34.1 Å². The Balaban J connectivity index is 1.90. The number of aryl methyl sites for hydroxylation is 1. The maximum absolute atomic E-state index is 11.9. The van der Waals surface area contributed by atoms with Gasteiger partial charge in [-0.1, -0.05) is 29.8 Å². The molecule has 0 N–H and O–H groups in total. The first kappa shape index (κ1) is 14.0. The smallest absolute Gasteiger partial charge is 0.143 e. The van der Waals surface area contributed by atoms with Crippen molar-refractivity contribution in [1.29, 1.82) is 0 Å². The number of hydrogen-bond acceptors (Lipinski definition) is 2. The summed E-state index contributed by atoms with van der Waals surface area (Å²) in [5.41, 5.74) is 2.68. The summed E-state index contributed by atoms with van der Waals surface area (Å²) < 4.78 is 0. The number of rotatable bonds is 4. The highest BCUT2D eigenvalue weighted by Crippen LogP contribution is 2.36. The number of ketones is 2. The number of carbonyl (C=O) groups is 2. The van der Waals surface area contributed by atoms with E-state index >= 15 is 0 Å². The molecule has 1 aliphatic rings. The second-order valence-electron chi connectivity index (χ2n) is 5.80. The molecule has 0 saturated heterocycles. The summed E-state index contributed by atoms with van der Waals surface area (Å²) in [4.78, 5) is 22.9. The second-order valence-corrected chi connectivity index (χ2v) is 5.80. The third kappa shape index (κ3) is 3.76. The van der Waals surface area contributed by atoms with Gasteiger partial charge in [0.15, 0.2) is 0 Å². The predicted molar refractivity (Wildman–Crippen MR) is 76.2 cm³/mol. The molecule has 0 radical (unpaired) electrons. The third-order valence-corrected chi connectivity index (χ3v) is 4.15. The van der Waals surface area contributed by atoms with Crippen LogP contribution in [0.3, 0.4) is 0 Å². The van der Waals surface area contributed by atoms with Gasteiger partial charge in [0, 0.05) is 5.92 Å². The fourth-order valence-electron chi connectivity index (χ4n) is 2.98. The van der Waals surface area contributed by atoms with E-state index in [9.17, 15) is 9.59 Å². The van der Waals surface area contributed by atoms with E-state index < -0.39 is 0 Å². The SMILES string of the molecule is CC(=O)CC(=O)C1CCC(c2ccc(C)cc2)CC1. The van der Waals surface area contributed by atoms with Crippen molar-refractivity contribution in [3.8, 4) is 0 Å². The zero-order valence-corrected chi connectivity index (χ0v) is 11.8. The summed E-state index contributed by atoms with van der Waals surface area (Å²) in [5.74, 6) is 0.841. The molecule has 102 valence electrons. The Hall–Kier alpha value is -1.44. The first-order valence-electron chi connectivity index (χ1n) is 7.15. The molecule has 0 aromatic heterocycles. The first-order chi connectivity index (χ1) is 9.06. The van der Waals surface area contributed by atoms with E-state index in [0.717, 1.165) is 25.7 Å². The van der Waals surface area contributed by atoms with Crippen LogP contribution in [0.2, 0.25) is 0 Å². The quantitative estimate of drug-likeness (QED) is 0.769. The van der Waals surface area contributed by atoms with Gasteiger partial charge in [-0.3, -0.25) is 9.59 Å². The van der Waals surface area contributed by atoms with E-state index in [1.165, 1.54) is 18.1 Å². The van der Waals surface area contributed by atoms with Crippen LogP contribution >= 0.6 is 0 Å². The summed E-state index contributed by atoms with van der Waals surface area (Å²) >= 11 is 0. The second kappa shape index (κ2) is 6.14. The van der Waals surface area contributed by atoms with Crippen LogP contribution in [0.15, 0.2) is 24.3 Å². The van der Waals surface area contributed by atoms with Crippen molar-refractivity contribution < 1.29 is 9.59 Å². The Morgan fingerprint density at radius 3 is 2.16 bits per heavy atom. The van der Waals surface area contributed by atoms with Crippen LogP contribution in [0, 0.1) is 12.8 Å². The van der Waals surface area contributed by atoms with Gasteiger partial charge in [0.2, 0.25) is 0 Å². The molecule has 0 heterocycles. The highest BCUT2D eigenvalue weighted by Gasteiger charge is 2.27. The molecular weight excluding hydrogens is 236 g/mol. The molecule has 0 aliphatic heterocycles. The maximum atomic E-state index is 11.9. The van der Waals surface area contributed by atoms with E-state index in [1.807, 2.05) is 0 Å². The van der Waals surface area contributed by atoms with E-state index in [4.69, 9.17) is 0 Å². The fourth-order valence-corrected chi connectivity index (χ4v) is 2.98. The average Bonchev–Trinajstić information content (AvgIpc) is 2.39. The summed E-state index contributed by atoms with van der Waals surface area (Å²) in [6.45, 7) is 3.59. The Bertz CT molecular complexity index is 451. The number of hydrogen-bond donors (Lipinski definition) is 0. The lowest BCUT2D eigenvalue weighted by atomic mass is 9.76. The van der Waals surface area contributed by atoms with Crippen LogP contribution in [0.5, 0.6) is 0 Å². The summed E-state index contributed by atoms with van der Waals surface area (Å²) in [7, 11) is 0. The van der Waals surface area contributed by atoms with Crippen LogP contribution in [-0.4, -0.2) is 11.6 Å². The number of benzene rings is 1. The molecule has 1 saturated carbocycles. The van der Waals surface area contributed by atoms with E-state index in [0.29, 0.717) is 5.92 Å². The highest BCUT2D eigenvalue weighted by molar-refractivity contribution is 5.99. The van der Waals surface area contributed by atoms with Gasteiger partial charge in [-0.25, -0.2) is 0 Å². The maximum Gasteiger partial charge on any atom is 0.143 e. The molecule has 1 aromatic carbocycles. The predicted octanol–water partition coefficient (Wildman–Crippen LogP) is 3.82. The lowest BCUT2D eigenvalue weighted by Crippen LogP contribution is -2.22. The Labute approximate surface area is 115 Å². The zero-order chi connectivity index (χ0) is 13.8. The molecule has 0 atom stereocenters. The zero-order valence-electron chi connectivity index (χ0n) is 11.8.